The van der Waals surface area contributed by atoms with E-state index in [0.717, 1.165) is 32.1 Å². The molecule has 0 amide bonds. The molecule has 24 heavy (non-hydrogen) atoms. The Morgan fingerprint density at radius 2 is 1.79 bits per heavy atom. The van der Waals surface area contributed by atoms with Crippen LogP contribution < -0.4 is 0 Å². The first-order chi connectivity index (χ1) is 11.1. The van der Waals surface area contributed by atoms with Crippen LogP contribution in [-0.2, 0) is 23.8 Å². The van der Waals surface area contributed by atoms with Crippen LogP contribution in [0, 0.1) is 11.8 Å². The van der Waals surface area contributed by atoms with Gasteiger partial charge in [-0.15, -0.1) is 0 Å². The number of ether oxygens (including phenoxy) is 3. The van der Waals surface area contributed by atoms with E-state index in [1.165, 1.54) is 0 Å². The van der Waals surface area contributed by atoms with Gasteiger partial charge in [-0.2, -0.15) is 0 Å². The summed E-state index contributed by atoms with van der Waals surface area (Å²) in [7, 11) is 1.75. The number of rotatable bonds is 9. The summed E-state index contributed by atoms with van der Waals surface area (Å²) in [6.45, 7) is 9.66. The molecule has 1 unspecified atom stereocenters. The minimum absolute atomic E-state index is 0.0238. The van der Waals surface area contributed by atoms with Gasteiger partial charge in [0.1, 0.15) is 18.8 Å². The molecule has 0 saturated heterocycles. The van der Waals surface area contributed by atoms with E-state index in [-0.39, 0.29) is 30.5 Å². The zero-order valence-electron chi connectivity index (χ0n) is 16.1. The first kappa shape index (κ1) is 21.1. The molecule has 1 atom stereocenters. The van der Waals surface area contributed by atoms with Crippen molar-refractivity contribution in [2.45, 2.75) is 77.9 Å². The quantitative estimate of drug-likeness (QED) is 0.600. The third-order valence-electron chi connectivity index (χ3n) is 5.52. The fourth-order valence-corrected chi connectivity index (χ4v) is 3.14. The largest absolute Gasteiger partial charge is 0.458 e. The number of carbonyl (C=O) groups is 2. The topological polar surface area (TPSA) is 61.8 Å². The van der Waals surface area contributed by atoms with Crippen LogP contribution >= 0.6 is 0 Å². The molecule has 1 rings (SSSR count). The highest BCUT2D eigenvalue weighted by Crippen LogP contribution is 2.40. The average Bonchev–Trinajstić information content (AvgIpc) is 2.53. The number of methoxy groups -OCH3 is 1. The van der Waals surface area contributed by atoms with Gasteiger partial charge in [0.15, 0.2) is 5.78 Å². The predicted octanol–water partition coefficient (Wildman–Crippen LogP) is 3.54. The van der Waals surface area contributed by atoms with Gasteiger partial charge in [-0.25, -0.2) is 4.79 Å². The molecule has 0 aliphatic heterocycles. The van der Waals surface area contributed by atoms with Crippen molar-refractivity contribution >= 4 is 11.8 Å². The van der Waals surface area contributed by atoms with Crippen molar-refractivity contribution in [2.75, 3.05) is 20.3 Å². The van der Waals surface area contributed by atoms with E-state index in [2.05, 4.69) is 6.92 Å². The van der Waals surface area contributed by atoms with Crippen LogP contribution in [0.4, 0.5) is 0 Å². The van der Waals surface area contributed by atoms with Crippen LogP contribution in [0.2, 0.25) is 0 Å². The number of carbonyl (C=O) groups excluding carboxylic acids is 2. The van der Waals surface area contributed by atoms with Crippen LogP contribution in [0.1, 0.15) is 66.7 Å². The smallest absolute Gasteiger partial charge is 0.332 e. The highest BCUT2D eigenvalue weighted by molar-refractivity contribution is 5.82. The average molecular weight is 342 g/mol. The molecular weight excluding hydrogens is 308 g/mol. The molecule has 1 fully saturated rings. The van der Waals surface area contributed by atoms with Crippen LogP contribution in [0.5, 0.6) is 0 Å². The van der Waals surface area contributed by atoms with Gasteiger partial charge in [-0.05, 0) is 58.8 Å². The molecule has 0 spiro atoms. The van der Waals surface area contributed by atoms with Gasteiger partial charge >= 0.3 is 5.97 Å². The third-order valence-corrected chi connectivity index (χ3v) is 5.52. The second-order valence-electron chi connectivity index (χ2n) is 7.77. The van der Waals surface area contributed by atoms with E-state index >= 15 is 0 Å². The second-order valence-corrected chi connectivity index (χ2v) is 7.77. The molecule has 140 valence electrons. The third kappa shape index (κ3) is 6.17. The maximum absolute atomic E-state index is 12.0. The number of hydrogen-bond donors (Lipinski definition) is 0. The van der Waals surface area contributed by atoms with Crippen molar-refractivity contribution in [3.05, 3.63) is 0 Å². The predicted molar refractivity (Wildman–Crippen MR) is 92.8 cm³/mol. The SMILES string of the molecule is CCC(C)C(=O)COCC(=O)OC(C)(C)C1CCC(C)(OC)CC1. The van der Waals surface area contributed by atoms with Crippen molar-refractivity contribution < 1.29 is 23.8 Å². The Morgan fingerprint density at radius 3 is 2.29 bits per heavy atom. The van der Waals surface area contributed by atoms with Gasteiger partial charge in [-0.1, -0.05) is 13.8 Å². The fraction of sp³-hybridized carbons (Fsp3) is 0.895. The van der Waals surface area contributed by atoms with E-state index < -0.39 is 11.6 Å². The maximum Gasteiger partial charge on any atom is 0.332 e. The Hall–Kier alpha value is -0.940. The van der Waals surface area contributed by atoms with Crippen LogP contribution in [0.15, 0.2) is 0 Å². The molecule has 0 N–H and O–H groups in total. The molecule has 5 heteroatoms. The Labute approximate surface area is 146 Å². The fourth-order valence-electron chi connectivity index (χ4n) is 3.14. The minimum atomic E-state index is -0.532. The van der Waals surface area contributed by atoms with E-state index in [1.807, 2.05) is 27.7 Å². The van der Waals surface area contributed by atoms with Crippen LogP contribution in [-0.4, -0.2) is 43.3 Å². The van der Waals surface area contributed by atoms with Crippen molar-refractivity contribution in [1.29, 1.82) is 0 Å². The van der Waals surface area contributed by atoms with Gasteiger partial charge in [0.2, 0.25) is 0 Å². The van der Waals surface area contributed by atoms with E-state index in [4.69, 9.17) is 14.2 Å². The molecule has 0 bridgehead atoms. The Kier molecular flexibility index (Phi) is 7.87. The lowest BCUT2D eigenvalue weighted by Gasteiger charge is -2.42. The van der Waals surface area contributed by atoms with Crippen molar-refractivity contribution in [2.24, 2.45) is 11.8 Å². The molecule has 1 saturated carbocycles. The summed E-state index contributed by atoms with van der Waals surface area (Å²) in [5.74, 6) is -0.103. The molecule has 0 heterocycles. The molecule has 0 aromatic heterocycles. The normalized spacial score (nSPS) is 26.0. The lowest BCUT2D eigenvalue weighted by Crippen LogP contribution is -2.43. The molecule has 1 aliphatic rings. The van der Waals surface area contributed by atoms with Gasteiger partial charge in [0.25, 0.3) is 0 Å². The van der Waals surface area contributed by atoms with Crippen molar-refractivity contribution in [1.82, 2.24) is 0 Å². The summed E-state index contributed by atoms with van der Waals surface area (Å²) < 4.78 is 16.4. The molecule has 0 aromatic rings. The van der Waals surface area contributed by atoms with E-state index in [1.54, 1.807) is 7.11 Å². The summed E-state index contributed by atoms with van der Waals surface area (Å²) in [5.41, 5.74) is -0.591. The van der Waals surface area contributed by atoms with Gasteiger partial charge in [0, 0.05) is 13.0 Å². The zero-order chi connectivity index (χ0) is 18.4. The van der Waals surface area contributed by atoms with Crippen LogP contribution in [0.3, 0.4) is 0 Å². The Balaban J connectivity index is 2.38. The molecule has 1 aliphatic carbocycles. The van der Waals surface area contributed by atoms with Gasteiger partial charge < -0.3 is 14.2 Å². The first-order valence-corrected chi connectivity index (χ1v) is 9.01. The van der Waals surface area contributed by atoms with Crippen molar-refractivity contribution in [3.63, 3.8) is 0 Å². The summed E-state index contributed by atoms with van der Waals surface area (Å²) in [4.78, 5) is 23.7. The second kappa shape index (κ2) is 8.95. The summed E-state index contributed by atoms with van der Waals surface area (Å²) in [6.07, 6.45) is 4.65. The van der Waals surface area contributed by atoms with Gasteiger partial charge in [-0.3, -0.25) is 4.79 Å². The Morgan fingerprint density at radius 1 is 1.21 bits per heavy atom. The zero-order valence-corrected chi connectivity index (χ0v) is 16.1. The van der Waals surface area contributed by atoms with Crippen molar-refractivity contribution in [3.8, 4) is 0 Å². The van der Waals surface area contributed by atoms with Gasteiger partial charge in [0.05, 0.1) is 5.60 Å². The standard InChI is InChI=1S/C19H34O5/c1-7-14(2)16(20)12-23-13-17(21)24-18(3,4)15-8-10-19(5,22-6)11-9-15/h14-15H,7-13H2,1-6H3. The number of ketones is 1. The Bertz CT molecular complexity index is 421. The number of Topliss-reactive ketones (excluding diaryl/α,β-unsaturated/α-hetero) is 1. The van der Waals surface area contributed by atoms with Crippen LogP contribution in [0.25, 0.3) is 0 Å². The molecule has 0 aromatic carbocycles. The molecule has 5 nitrogen and oxygen atoms in total. The minimum Gasteiger partial charge on any atom is -0.458 e. The lowest BCUT2D eigenvalue weighted by atomic mass is 9.73. The summed E-state index contributed by atoms with van der Waals surface area (Å²) in [6, 6.07) is 0. The highest BCUT2D eigenvalue weighted by Gasteiger charge is 2.40. The maximum atomic E-state index is 12.0. The number of esters is 1. The molecule has 0 radical (unpaired) electrons. The first-order valence-electron chi connectivity index (χ1n) is 9.01. The number of hydrogen-bond acceptors (Lipinski definition) is 5. The van der Waals surface area contributed by atoms with E-state index in [0.29, 0.717) is 5.92 Å². The lowest BCUT2D eigenvalue weighted by molar-refractivity contribution is -0.170. The highest BCUT2D eigenvalue weighted by atomic mass is 16.6. The molecular formula is C19H34O5. The summed E-state index contributed by atoms with van der Waals surface area (Å²) in [5, 5.41) is 0. The van der Waals surface area contributed by atoms with E-state index in [9.17, 15) is 9.59 Å². The summed E-state index contributed by atoms with van der Waals surface area (Å²) >= 11 is 0. The monoisotopic (exact) mass is 342 g/mol.